The van der Waals surface area contributed by atoms with Gasteiger partial charge in [0.25, 0.3) is 10.2 Å². The molecule has 8 heteroatoms. The van der Waals surface area contributed by atoms with Crippen LogP contribution < -0.4 is 10.0 Å². The molecule has 0 spiro atoms. The molecule has 0 amide bonds. The highest BCUT2D eigenvalue weighted by atomic mass is 32.2. The number of aryl methyl sites for hydroxylation is 1. The maximum Gasteiger partial charge on any atom is 0.279 e. The number of hydrogen-bond acceptors (Lipinski definition) is 5. The minimum atomic E-state index is -3.39. The molecule has 1 heterocycles. The van der Waals surface area contributed by atoms with Gasteiger partial charge < -0.3 is 5.32 Å². The Kier molecular flexibility index (Phi) is 7.75. The third-order valence-electron chi connectivity index (χ3n) is 2.94. The molecular formula is C13H26N4O2S2. The highest BCUT2D eigenvalue weighted by Crippen LogP contribution is 2.08. The molecular weight excluding hydrogens is 308 g/mol. The van der Waals surface area contributed by atoms with E-state index in [0.29, 0.717) is 25.6 Å². The van der Waals surface area contributed by atoms with Gasteiger partial charge >= 0.3 is 0 Å². The lowest BCUT2D eigenvalue weighted by atomic mass is 10.3. The highest BCUT2D eigenvalue weighted by Gasteiger charge is 2.16. The van der Waals surface area contributed by atoms with Crippen LogP contribution in [0.2, 0.25) is 0 Å². The van der Waals surface area contributed by atoms with Gasteiger partial charge in [-0.3, -0.25) is 0 Å². The van der Waals surface area contributed by atoms with Gasteiger partial charge in [-0.2, -0.15) is 12.7 Å². The van der Waals surface area contributed by atoms with Gasteiger partial charge in [-0.05, 0) is 19.9 Å². The zero-order valence-corrected chi connectivity index (χ0v) is 14.9. The molecule has 122 valence electrons. The largest absolute Gasteiger partial charge is 0.314 e. The van der Waals surface area contributed by atoms with Gasteiger partial charge in [0, 0.05) is 38.0 Å². The fourth-order valence-corrected chi connectivity index (χ4v) is 3.35. The molecule has 0 bridgehead atoms. The molecule has 0 radical (unpaired) electrons. The monoisotopic (exact) mass is 334 g/mol. The summed E-state index contributed by atoms with van der Waals surface area (Å²) in [5, 5.41) is 6.24. The predicted octanol–water partition coefficient (Wildman–Crippen LogP) is 1.15. The Morgan fingerprint density at radius 3 is 2.67 bits per heavy atom. The van der Waals surface area contributed by atoms with Crippen molar-refractivity contribution in [2.75, 3.05) is 26.7 Å². The number of thiazole rings is 1. The van der Waals surface area contributed by atoms with Gasteiger partial charge in [0.1, 0.15) is 0 Å². The average Bonchev–Trinajstić information content (AvgIpc) is 2.79. The van der Waals surface area contributed by atoms with Crippen molar-refractivity contribution in [3.05, 3.63) is 16.1 Å². The molecule has 0 unspecified atom stereocenters. The van der Waals surface area contributed by atoms with Crippen molar-refractivity contribution in [2.24, 2.45) is 0 Å². The Labute approximate surface area is 132 Å². The van der Waals surface area contributed by atoms with Gasteiger partial charge in [-0.1, -0.05) is 13.8 Å². The molecule has 0 fully saturated rings. The van der Waals surface area contributed by atoms with E-state index in [1.54, 1.807) is 18.4 Å². The molecule has 0 aliphatic carbocycles. The zero-order valence-electron chi connectivity index (χ0n) is 13.2. The van der Waals surface area contributed by atoms with Gasteiger partial charge in [0.2, 0.25) is 0 Å². The normalized spacial score (nSPS) is 12.5. The van der Waals surface area contributed by atoms with E-state index in [1.165, 1.54) is 4.31 Å². The molecule has 0 aliphatic heterocycles. The zero-order chi connectivity index (χ0) is 15.9. The van der Waals surface area contributed by atoms with Crippen LogP contribution >= 0.6 is 11.3 Å². The summed E-state index contributed by atoms with van der Waals surface area (Å²) >= 11 is 1.58. The van der Waals surface area contributed by atoms with Crippen molar-refractivity contribution >= 4 is 21.5 Å². The summed E-state index contributed by atoms with van der Waals surface area (Å²) in [6.45, 7) is 7.78. The summed E-state index contributed by atoms with van der Waals surface area (Å²) in [6, 6.07) is 0.423. The standard InChI is InChI=1S/C13H26N4O2S2/c1-11(2)14-7-5-9-17(4)21(18,19)15-8-6-13-10-20-12(3)16-13/h10-11,14-15H,5-9H2,1-4H3. The summed E-state index contributed by atoms with van der Waals surface area (Å²) in [5.74, 6) is 0. The Hall–Kier alpha value is -0.540. The molecule has 2 N–H and O–H groups in total. The molecule has 1 aromatic rings. The Bertz CT molecular complexity index is 514. The van der Waals surface area contributed by atoms with Crippen LogP contribution in [0.25, 0.3) is 0 Å². The van der Waals surface area contributed by atoms with E-state index in [-0.39, 0.29) is 0 Å². The molecule has 0 saturated carbocycles. The first-order chi connectivity index (χ1) is 9.81. The summed E-state index contributed by atoms with van der Waals surface area (Å²) in [5.41, 5.74) is 0.934. The fourth-order valence-electron chi connectivity index (χ4n) is 1.75. The van der Waals surface area contributed by atoms with Crippen LogP contribution in [0, 0.1) is 6.92 Å². The molecule has 0 saturated heterocycles. The maximum atomic E-state index is 12.0. The Balaban J connectivity index is 2.28. The molecule has 0 atom stereocenters. The Morgan fingerprint density at radius 1 is 1.38 bits per heavy atom. The third kappa shape index (κ3) is 7.32. The van der Waals surface area contributed by atoms with Crippen molar-refractivity contribution in [3.63, 3.8) is 0 Å². The smallest absolute Gasteiger partial charge is 0.279 e. The van der Waals surface area contributed by atoms with Crippen LogP contribution in [0.3, 0.4) is 0 Å². The summed E-state index contributed by atoms with van der Waals surface area (Å²) < 4.78 is 28.0. The van der Waals surface area contributed by atoms with Gasteiger partial charge in [-0.25, -0.2) is 9.71 Å². The van der Waals surface area contributed by atoms with E-state index in [9.17, 15) is 8.42 Å². The third-order valence-corrected chi connectivity index (χ3v) is 5.34. The SMILES string of the molecule is Cc1nc(CCNS(=O)(=O)N(C)CCCNC(C)C)cs1. The number of nitrogens with zero attached hydrogens (tertiary/aromatic N) is 2. The van der Waals surface area contributed by atoms with Crippen LogP contribution in [0.1, 0.15) is 31.0 Å². The van der Waals surface area contributed by atoms with Crippen molar-refractivity contribution in [1.82, 2.24) is 19.3 Å². The first-order valence-corrected chi connectivity index (χ1v) is 9.48. The van der Waals surface area contributed by atoms with Crippen molar-refractivity contribution in [3.8, 4) is 0 Å². The lowest BCUT2D eigenvalue weighted by Gasteiger charge is -2.18. The van der Waals surface area contributed by atoms with Crippen LogP contribution in [-0.2, 0) is 16.6 Å². The maximum absolute atomic E-state index is 12.0. The van der Waals surface area contributed by atoms with E-state index in [2.05, 4.69) is 28.9 Å². The van der Waals surface area contributed by atoms with E-state index >= 15 is 0 Å². The van der Waals surface area contributed by atoms with Crippen molar-refractivity contribution in [1.29, 1.82) is 0 Å². The number of nitrogens with one attached hydrogen (secondary N) is 2. The number of hydrogen-bond donors (Lipinski definition) is 2. The topological polar surface area (TPSA) is 74.3 Å². The van der Waals surface area contributed by atoms with Crippen LogP contribution in [0.4, 0.5) is 0 Å². The van der Waals surface area contributed by atoms with Gasteiger partial charge in [0.15, 0.2) is 0 Å². The number of rotatable bonds is 10. The summed E-state index contributed by atoms with van der Waals surface area (Å²) in [4.78, 5) is 4.31. The van der Waals surface area contributed by atoms with Crippen LogP contribution in [0.15, 0.2) is 5.38 Å². The quantitative estimate of drug-likeness (QED) is 0.630. The van der Waals surface area contributed by atoms with E-state index in [1.807, 2.05) is 12.3 Å². The molecule has 6 nitrogen and oxygen atoms in total. The van der Waals surface area contributed by atoms with Crippen molar-refractivity contribution < 1.29 is 8.42 Å². The Morgan fingerprint density at radius 2 is 2.10 bits per heavy atom. The second-order valence-electron chi connectivity index (χ2n) is 5.29. The van der Waals surface area contributed by atoms with Gasteiger partial charge in [0.05, 0.1) is 10.7 Å². The molecule has 0 aliphatic rings. The molecule has 21 heavy (non-hydrogen) atoms. The minimum Gasteiger partial charge on any atom is -0.314 e. The average molecular weight is 335 g/mol. The first-order valence-electron chi connectivity index (χ1n) is 7.16. The van der Waals surface area contributed by atoms with E-state index < -0.39 is 10.2 Å². The van der Waals surface area contributed by atoms with E-state index in [0.717, 1.165) is 23.7 Å². The van der Waals surface area contributed by atoms with Gasteiger partial charge in [-0.15, -0.1) is 11.3 Å². The summed E-state index contributed by atoms with van der Waals surface area (Å²) in [7, 11) is -1.79. The molecule has 0 aromatic carbocycles. The molecule has 1 aromatic heterocycles. The molecule has 1 rings (SSSR count). The lowest BCUT2D eigenvalue weighted by molar-refractivity contribution is 0.439. The van der Waals surface area contributed by atoms with Crippen LogP contribution in [0.5, 0.6) is 0 Å². The fraction of sp³-hybridized carbons (Fsp3) is 0.769. The highest BCUT2D eigenvalue weighted by molar-refractivity contribution is 7.87. The van der Waals surface area contributed by atoms with E-state index in [4.69, 9.17) is 0 Å². The summed E-state index contributed by atoms with van der Waals surface area (Å²) in [6.07, 6.45) is 1.41. The lowest BCUT2D eigenvalue weighted by Crippen LogP contribution is -2.40. The van der Waals surface area contributed by atoms with Crippen molar-refractivity contribution in [2.45, 2.75) is 39.7 Å². The first kappa shape index (κ1) is 18.5. The van der Waals surface area contributed by atoms with Crippen LogP contribution in [-0.4, -0.2) is 50.4 Å². The second-order valence-corrected chi connectivity index (χ2v) is 8.22. The minimum absolute atomic E-state index is 0.375. The predicted molar refractivity (Wildman–Crippen MR) is 87.9 cm³/mol. The number of aromatic nitrogens is 1. The second kappa shape index (κ2) is 8.79.